The summed E-state index contributed by atoms with van der Waals surface area (Å²) >= 11 is 5.70. The van der Waals surface area contributed by atoms with E-state index < -0.39 is 0 Å². The van der Waals surface area contributed by atoms with E-state index >= 15 is 0 Å². The molecule has 48 valence electrons. The maximum Gasteiger partial charge on any atom is 0.0762 e. The van der Waals surface area contributed by atoms with Crippen molar-refractivity contribution < 1.29 is 0 Å². The SMILES string of the molecule is CC(Cl)c1cnccn1. The number of aromatic nitrogens is 2. The third-order valence-corrected chi connectivity index (χ3v) is 1.21. The molecule has 0 fully saturated rings. The molecule has 1 aromatic heterocycles. The number of nitrogens with zero attached hydrogens (tertiary/aromatic N) is 2. The van der Waals surface area contributed by atoms with E-state index in [1.54, 1.807) is 18.6 Å². The maximum atomic E-state index is 5.70. The van der Waals surface area contributed by atoms with Gasteiger partial charge in [0.15, 0.2) is 0 Å². The Morgan fingerprint density at radius 3 is 2.67 bits per heavy atom. The van der Waals surface area contributed by atoms with Crippen LogP contribution in [0.3, 0.4) is 0 Å². The highest BCUT2D eigenvalue weighted by molar-refractivity contribution is 6.20. The van der Waals surface area contributed by atoms with Gasteiger partial charge < -0.3 is 0 Å². The van der Waals surface area contributed by atoms with Crippen LogP contribution in [0.15, 0.2) is 18.6 Å². The number of hydrogen-bond donors (Lipinski definition) is 0. The van der Waals surface area contributed by atoms with Crippen molar-refractivity contribution in [2.75, 3.05) is 0 Å². The highest BCUT2D eigenvalue weighted by Gasteiger charge is 1.98. The third kappa shape index (κ3) is 1.64. The summed E-state index contributed by atoms with van der Waals surface area (Å²) in [4.78, 5) is 7.84. The molecule has 0 saturated carbocycles. The van der Waals surface area contributed by atoms with Crippen LogP contribution in [0, 0.1) is 0 Å². The summed E-state index contributed by atoms with van der Waals surface area (Å²) in [7, 11) is 0. The molecular formula is C6H7ClN2. The van der Waals surface area contributed by atoms with Gasteiger partial charge in [-0.25, -0.2) is 0 Å². The highest BCUT2D eigenvalue weighted by atomic mass is 35.5. The molecule has 0 spiro atoms. The summed E-state index contributed by atoms with van der Waals surface area (Å²) in [6.07, 6.45) is 4.93. The van der Waals surface area contributed by atoms with Crippen molar-refractivity contribution in [1.29, 1.82) is 0 Å². The van der Waals surface area contributed by atoms with E-state index in [0.29, 0.717) is 0 Å². The molecule has 0 bridgehead atoms. The predicted molar refractivity (Wildman–Crippen MR) is 36.3 cm³/mol. The molecule has 1 aromatic rings. The quantitative estimate of drug-likeness (QED) is 0.559. The fourth-order valence-corrected chi connectivity index (χ4v) is 0.629. The van der Waals surface area contributed by atoms with Gasteiger partial charge in [0.1, 0.15) is 0 Å². The Kier molecular flexibility index (Phi) is 2.01. The first-order valence-electron chi connectivity index (χ1n) is 2.70. The first-order chi connectivity index (χ1) is 4.30. The van der Waals surface area contributed by atoms with Gasteiger partial charge in [-0.15, -0.1) is 11.6 Å². The Labute approximate surface area is 58.9 Å². The van der Waals surface area contributed by atoms with Gasteiger partial charge in [-0.1, -0.05) is 0 Å². The molecule has 2 nitrogen and oxygen atoms in total. The molecule has 3 heteroatoms. The van der Waals surface area contributed by atoms with Gasteiger partial charge in [-0.05, 0) is 6.92 Å². The first kappa shape index (κ1) is 6.49. The van der Waals surface area contributed by atoms with Gasteiger partial charge in [0.2, 0.25) is 0 Å². The van der Waals surface area contributed by atoms with Gasteiger partial charge in [0.25, 0.3) is 0 Å². The van der Waals surface area contributed by atoms with Crippen molar-refractivity contribution in [2.45, 2.75) is 12.3 Å². The molecule has 0 saturated heterocycles. The molecule has 1 atom stereocenters. The molecular weight excluding hydrogens is 136 g/mol. The second kappa shape index (κ2) is 2.78. The minimum absolute atomic E-state index is 0.0429. The van der Waals surface area contributed by atoms with Gasteiger partial charge in [-0.3, -0.25) is 9.97 Å². The fraction of sp³-hybridized carbons (Fsp3) is 0.333. The second-order valence-corrected chi connectivity index (χ2v) is 2.40. The molecule has 0 aliphatic heterocycles. The van der Waals surface area contributed by atoms with Crippen LogP contribution < -0.4 is 0 Å². The highest BCUT2D eigenvalue weighted by Crippen LogP contribution is 2.13. The largest absolute Gasteiger partial charge is 0.261 e. The van der Waals surface area contributed by atoms with Crippen LogP contribution >= 0.6 is 11.6 Å². The van der Waals surface area contributed by atoms with Crippen molar-refractivity contribution in [3.63, 3.8) is 0 Å². The smallest absolute Gasteiger partial charge is 0.0762 e. The summed E-state index contributed by atoms with van der Waals surface area (Å²) < 4.78 is 0. The summed E-state index contributed by atoms with van der Waals surface area (Å²) in [5.74, 6) is 0. The lowest BCUT2D eigenvalue weighted by Crippen LogP contribution is -1.88. The Bertz CT molecular complexity index is 174. The second-order valence-electron chi connectivity index (χ2n) is 1.75. The molecule has 0 N–H and O–H groups in total. The van der Waals surface area contributed by atoms with Crippen LogP contribution in [-0.2, 0) is 0 Å². The van der Waals surface area contributed by atoms with Crippen molar-refractivity contribution >= 4 is 11.6 Å². The van der Waals surface area contributed by atoms with Crippen LogP contribution in [0.2, 0.25) is 0 Å². The standard InChI is InChI=1S/C6H7ClN2/c1-5(7)6-4-8-2-3-9-6/h2-5H,1H3. The zero-order chi connectivity index (χ0) is 6.69. The Morgan fingerprint density at radius 2 is 2.33 bits per heavy atom. The Morgan fingerprint density at radius 1 is 1.56 bits per heavy atom. The summed E-state index contributed by atoms with van der Waals surface area (Å²) in [6, 6.07) is 0. The van der Waals surface area contributed by atoms with Crippen LogP contribution in [0.5, 0.6) is 0 Å². The van der Waals surface area contributed by atoms with Gasteiger partial charge >= 0.3 is 0 Å². The van der Waals surface area contributed by atoms with E-state index in [4.69, 9.17) is 11.6 Å². The summed E-state index contributed by atoms with van der Waals surface area (Å²) in [6.45, 7) is 1.87. The zero-order valence-electron chi connectivity index (χ0n) is 5.08. The minimum Gasteiger partial charge on any atom is -0.261 e. The number of rotatable bonds is 1. The Hall–Kier alpha value is -0.630. The van der Waals surface area contributed by atoms with Gasteiger partial charge in [0, 0.05) is 18.6 Å². The molecule has 0 radical (unpaired) electrons. The lowest BCUT2D eigenvalue weighted by molar-refractivity contribution is 0.967. The van der Waals surface area contributed by atoms with Crippen LogP contribution in [0.1, 0.15) is 18.0 Å². The molecule has 0 aliphatic carbocycles. The molecule has 9 heavy (non-hydrogen) atoms. The first-order valence-corrected chi connectivity index (χ1v) is 3.14. The van der Waals surface area contributed by atoms with E-state index in [-0.39, 0.29) is 5.38 Å². The fourth-order valence-electron chi connectivity index (χ4n) is 0.516. The molecule has 0 aromatic carbocycles. The van der Waals surface area contributed by atoms with E-state index in [0.717, 1.165) is 5.69 Å². The normalized spacial score (nSPS) is 13.1. The average Bonchev–Trinajstić information content (AvgIpc) is 1.90. The monoisotopic (exact) mass is 142 g/mol. The third-order valence-electron chi connectivity index (χ3n) is 0.991. The predicted octanol–water partition coefficient (Wildman–Crippen LogP) is 1.78. The number of hydrogen-bond acceptors (Lipinski definition) is 2. The van der Waals surface area contributed by atoms with Crippen molar-refractivity contribution in [3.05, 3.63) is 24.3 Å². The average molecular weight is 143 g/mol. The lowest BCUT2D eigenvalue weighted by Gasteiger charge is -1.97. The summed E-state index contributed by atoms with van der Waals surface area (Å²) in [5.41, 5.74) is 0.819. The van der Waals surface area contributed by atoms with Crippen LogP contribution in [-0.4, -0.2) is 9.97 Å². The zero-order valence-corrected chi connectivity index (χ0v) is 5.84. The van der Waals surface area contributed by atoms with Crippen molar-refractivity contribution in [3.8, 4) is 0 Å². The number of halogens is 1. The van der Waals surface area contributed by atoms with Crippen molar-refractivity contribution in [2.24, 2.45) is 0 Å². The van der Waals surface area contributed by atoms with E-state index in [9.17, 15) is 0 Å². The van der Waals surface area contributed by atoms with Crippen LogP contribution in [0.25, 0.3) is 0 Å². The topological polar surface area (TPSA) is 25.8 Å². The van der Waals surface area contributed by atoms with Crippen molar-refractivity contribution in [1.82, 2.24) is 9.97 Å². The molecule has 1 rings (SSSR count). The lowest BCUT2D eigenvalue weighted by atomic mass is 10.3. The van der Waals surface area contributed by atoms with Crippen LogP contribution in [0.4, 0.5) is 0 Å². The van der Waals surface area contributed by atoms with Gasteiger partial charge in [0.05, 0.1) is 11.1 Å². The van der Waals surface area contributed by atoms with E-state index in [1.807, 2.05) is 6.92 Å². The number of alkyl halides is 1. The van der Waals surface area contributed by atoms with Gasteiger partial charge in [-0.2, -0.15) is 0 Å². The summed E-state index contributed by atoms with van der Waals surface area (Å²) in [5, 5.41) is -0.0429. The Balaban J connectivity index is 2.85. The maximum absolute atomic E-state index is 5.70. The molecule has 1 unspecified atom stereocenters. The minimum atomic E-state index is -0.0429. The van der Waals surface area contributed by atoms with E-state index in [1.165, 1.54) is 0 Å². The molecule has 1 heterocycles. The molecule has 0 aliphatic rings. The molecule has 0 amide bonds. The van der Waals surface area contributed by atoms with E-state index in [2.05, 4.69) is 9.97 Å².